The quantitative estimate of drug-likeness (QED) is 0.384. The number of hydrogen-bond acceptors (Lipinski definition) is 3. The highest BCUT2D eigenvalue weighted by Crippen LogP contribution is 2.61. The van der Waals surface area contributed by atoms with Crippen LogP contribution in [0.2, 0.25) is 0 Å². The predicted molar refractivity (Wildman–Crippen MR) is 141 cm³/mol. The number of rotatable bonds is 11. The Kier molecular flexibility index (Phi) is 7.96. The molecule has 6 rings (SSSR count). The van der Waals surface area contributed by atoms with Gasteiger partial charge in [-0.15, -0.1) is 0 Å². The Balaban J connectivity index is 1.24. The van der Waals surface area contributed by atoms with Crippen LogP contribution in [0.25, 0.3) is 0 Å². The Morgan fingerprint density at radius 3 is 2.22 bits per heavy atom. The summed E-state index contributed by atoms with van der Waals surface area (Å²) in [7, 11) is 0. The third-order valence-electron chi connectivity index (χ3n) is 8.97. The molecule has 3 N–H and O–H groups in total. The van der Waals surface area contributed by atoms with E-state index in [-0.39, 0.29) is 24.3 Å². The fourth-order valence-corrected chi connectivity index (χ4v) is 7.84. The van der Waals surface area contributed by atoms with Gasteiger partial charge in [-0.3, -0.25) is 4.79 Å². The summed E-state index contributed by atoms with van der Waals surface area (Å²) in [5.41, 5.74) is 2.89. The van der Waals surface area contributed by atoms with Crippen molar-refractivity contribution in [3.05, 3.63) is 70.8 Å². The van der Waals surface area contributed by atoms with Gasteiger partial charge in [0.25, 0.3) is 0 Å². The van der Waals surface area contributed by atoms with E-state index in [4.69, 9.17) is 0 Å². The monoisotopic (exact) mass is 510 g/mol. The van der Waals surface area contributed by atoms with Crippen molar-refractivity contribution in [1.82, 2.24) is 10.6 Å². The molecule has 4 fully saturated rings. The van der Waals surface area contributed by atoms with Crippen LogP contribution in [0.5, 0.6) is 0 Å². The maximum atomic E-state index is 13.9. The Hall–Kier alpha value is -2.31. The average molecular weight is 511 g/mol. The molecule has 2 aromatic carbocycles. The summed E-state index contributed by atoms with van der Waals surface area (Å²) in [6.45, 7) is 2.96. The first-order valence-corrected chi connectivity index (χ1v) is 14.0. The molecule has 0 aromatic heterocycles. The molecule has 0 radical (unpaired) electrons. The number of nitrogens with one attached hydrogen (secondary N) is 2. The van der Waals surface area contributed by atoms with Crippen molar-refractivity contribution in [2.75, 3.05) is 6.54 Å². The summed E-state index contributed by atoms with van der Waals surface area (Å²) in [5.74, 6) is 0.899. The van der Waals surface area contributed by atoms with Crippen LogP contribution in [0.3, 0.4) is 0 Å². The molecule has 4 bridgehead atoms. The van der Waals surface area contributed by atoms with Crippen molar-refractivity contribution in [3.8, 4) is 0 Å². The number of aliphatic hydroxyl groups is 1. The Morgan fingerprint density at radius 2 is 1.59 bits per heavy atom. The lowest BCUT2D eigenvalue weighted by molar-refractivity contribution is -0.130. The second kappa shape index (κ2) is 11.2. The van der Waals surface area contributed by atoms with Gasteiger partial charge >= 0.3 is 0 Å². The molecular weight excluding hydrogens is 470 g/mol. The van der Waals surface area contributed by atoms with Crippen LogP contribution in [-0.4, -0.2) is 29.7 Å². The summed E-state index contributed by atoms with van der Waals surface area (Å²) < 4.78 is 27.8. The molecule has 0 unspecified atom stereocenters. The topological polar surface area (TPSA) is 61.4 Å². The zero-order valence-corrected chi connectivity index (χ0v) is 21.8. The molecule has 4 aliphatic rings. The lowest BCUT2D eigenvalue weighted by atomic mass is 9.49. The minimum Gasteiger partial charge on any atom is -0.390 e. The van der Waals surface area contributed by atoms with Gasteiger partial charge in [0.05, 0.1) is 12.1 Å². The van der Waals surface area contributed by atoms with Crippen molar-refractivity contribution in [3.63, 3.8) is 0 Å². The Morgan fingerprint density at radius 1 is 0.973 bits per heavy atom. The van der Waals surface area contributed by atoms with E-state index < -0.39 is 23.8 Å². The van der Waals surface area contributed by atoms with E-state index in [1.165, 1.54) is 37.0 Å². The van der Waals surface area contributed by atoms with E-state index in [2.05, 4.69) is 29.7 Å². The van der Waals surface area contributed by atoms with Gasteiger partial charge in [0.1, 0.15) is 11.6 Å². The minimum atomic E-state index is -0.902. The first-order valence-electron chi connectivity index (χ1n) is 14.0. The minimum absolute atomic E-state index is 0.0569. The van der Waals surface area contributed by atoms with Crippen LogP contribution < -0.4 is 10.6 Å². The van der Waals surface area contributed by atoms with Crippen LogP contribution in [0.15, 0.2) is 42.5 Å². The molecule has 0 heterocycles. The molecule has 0 aliphatic heterocycles. The van der Waals surface area contributed by atoms with Crippen molar-refractivity contribution in [1.29, 1.82) is 0 Å². The van der Waals surface area contributed by atoms with Gasteiger partial charge in [0, 0.05) is 25.6 Å². The summed E-state index contributed by atoms with van der Waals surface area (Å²) in [5, 5.41) is 17.5. The number of carbonyl (C=O) groups is 1. The number of benzene rings is 2. The van der Waals surface area contributed by atoms with Crippen LogP contribution in [0, 0.1) is 34.8 Å². The maximum absolute atomic E-state index is 13.9. The van der Waals surface area contributed by atoms with Crippen molar-refractivity contribution < 1.29 is 18.7 Å². The van der Waals surface area contributed by atoms with Crippen molar-refractivity contribution >= 4 is 5.91 Å². The van der Waals surface area contributed by atoms with E-state index in [9.17, 15) is 18.7 Å². The number of aryl methyl sites for hydroxylation is 1. The Bertz CT molecular complexity index is 1050. The summed E-state index contributed by atoms with van der Waals surface area (Å²) in [4.78, 5) is 13.3. The normalized spacial score (nSPS) is 27.7. The second-order valence-corrected chi connectivity index (χ2v) is 12.1. The fourth-order valence-electron chi connectivity index (χ4n) is 7.84. The summed E-state index contributed by atoms with van der Waals surface area (Å²) >= 11 is 0. The third kappa shape index (κ3) is 6.58. The highest BCUT2D eigenvalue weighted by molar-refractivity contribution is 5.77. The lowest BCUT2D eigenvalue weighted by Gasteiger charge is -2.56. The summed E-state index contributed by atoms with van der Waals surface area (Å²) in [6, 6.07) is 11.0. The van der Waals surface area contributed by atoms with Gasteiger partial charge in [-0.2, -0.15) is 0 Å². The van der Waals surface area contributed by atoms with Gasteiger partial charge in [-0.05, 0) is 103 Å². The fraction of sp³-hybridized carbons (Fsp3) is 0.581. The third-order valence-corrected chi connectivity index (χ3v) is 8.97. The first-order chi connectivity index (χ1) is 17.8. The molecular formula is C31H40F2N2O2. The highest BCUT2D eigenvalue weighted by Gasteiger charge is 2.51. The van der Waals surface area contributed by atoms with E-state index in [1.807, 2.05) is 12.1 Å². The van der Waals surface area contributed by atoms with Gasteiger partial charge < -0.3 is 15.7 Å². The van der Waals surface area contributed by atoms with Gasteiger partial charge in [-0.1, -0.05) is 31.2 Å². The van der Waals surface area contributed by atoms with Crippen molar-refractivity contribution in [2.24, 2.45) is 23.2 Å². The van der Waals surface area contributed by atoms with Gasteiger partial charge in [-0.25, -0.2) is 8.78 Å². The van der Waals surface area contributed by atoms with E-state index in [1.54, 1.807) is 0 Å². The zero-order valence-electron chi connectivity index (χ0n) is 21.8. The molecule has 4 aliphatic carbocycles. The van der Waals surface area contributed by atoms with Crippen LogP contribution >= 0.6 is 0 Å². The van der Waals surface area contributed by atoms with E-state index >= 15 is 0 Å². The molecule has 4 nitrogen and oxygen atoms in total. The average Bonchev–Trinajstić information content (AvgIpc) is 2.82. The summed E-state index contributed by atoms with van der Waals surface area (Å²) in [6.07, 6.45) is 8.05. The number of carbonyl (C=O) groups excluding carboxylic acids is 1. The maximum Gasteiger partial charge on any atom is 0.220 e. The SMILES string of the molecule is CCc1cccc(CNC[C@H](O)[C@H](Cc2cc(F)cc(F)c2)NC(=O)CC23CC4CC(CC(C4)C2)C3)c1. The van der Waals surface area contributed by atoms with Crippen LogP contribution in [0.4, 0.5) is 8.78 Å². The molecule has 4 saturated carbocycles. The molecule has 1 amide bonds. The smallest absolute Gasteiger partial charge is 0.220 e. The molecule has 37 heavy (non-hydrogen) atoms. The Labute approximate surface area is 219 Å². The number of aliphatic hydroxyl groups excluding tert-OH is 1. The molecule has 2 aromatic rings. The van der Waals surface area contributed by atoms with E-state index in [0.29, 0.717) is 18.5 Å². The predicted octanol–water partition coefficient (Wildman–Crippen LogP) is 5.31. The largest absolute Gasteiger partial charge is 0.390 e. The van der Waals surface area contributed by atoms with Gasteiger partial charge in [0.15, 0.2) is 0 Å². The number of hydrogen-bond donors (Lipinski definition) is 3. The lowest BCUT2D eigenvalue weighted by Crippen LogP contribution is -2.52. The van der Waals surface area contributed by atoms with Crippen LogP contribution in [0.1, 0.15) is 68.6 Å². The van der Waals surface area contributed by atoms with Crippen molar-refractivity contribution in [2.45, 2.75) is 83.4 Å². The standard InChI is InChI=1S/C31H40F2N2O2/c1-2-20-4-3-5-21(6-20)18-34-19-29(36)28(12-22-10-26(32)13-27(33)11-22)35-30(37)17-31-14-23-7-24(15-31)9-25(8-23)16-31/h3-6,10-11,13,23-25,28-29,34,36H,2,7-9,12,14-19H2,1H3,(H,35,37)/t23?,24?,25?,28-,29-,31?/m0/s1. The molecule has 0 saturated heterocycles. The van der Waals surface area contributed by atoms with Crippen LogP contribution in [-0.2, 0) is 24.2 Å². The zero-order chi connectivity index (χ0) is 26.0. The first kappa shape index (κ1) is 26.3. The molecule has 6 heteroatoms. The molecule has 200 valence electrons. The van der Waals surface area contributed by atoms with Gasteiger partial charge in [0.2, 0.25) is 5.91 Å². The highest BCUT2D eigenvalue weighted by atomic mass is 19.1. The molecule has 2 atom stereocenters. The van der Waals surface area contributed by atoms with E-state index in [0.717, 1.165) is 55.1 Å². The number of amides is 1. The second-order valence-electron chi connectivity index (χ2n) is 12.1. The molecule has 0 spiro atoms. The number of halogens is 2.